The number of rotatable bonds is 6. The van der Waals surface area contributed by atoms with Crippen LogP contribution in [0.5, 0.6) is 0 Å². The van der Waals surface area contributed by atoms with Gasteiger partial charge in [0.2, 0.25) is 11.9 Å². The fraction of sp³-hybridized carbons (Fsp3) is 0.692. The zero-order chi connectivity index (χ0) is 24.4. The zero-order valence-corrected chi connectivity index (χ0v) is 21.2. The van der Waals surface area contributed by atoms with Gasteiger partial charge in [0.1, 0.15) is 0 Å². The molecule has 0 bridgehead atoms. The molecule has 1 amide bonds. The number of amides is 1. The molecule has 9 heteroatoms. The zero-order valence-electron chi connectivity index (χ0n) is 21.2. The van der Waals surface area contributed by atoms with E-state index >= 15 is 0 Å². The quantitative estimate of drug-likeness (QED) is 0.536. The Kier molecular flexibility index (Phi) is 7.22. The molecule has 2 aromatic heterocycles. The second-order valence-electron chi connectivity index (χ2n) is 10.9. The monoisotopic (exact) mass is 480 g/mol. The number of nitrogens with zero attached hydrogens (tertiary/aromatic N) is 5. The summed E-state index contributed by atoms with van der Waals surface area (Å²) in [7, 11) is 0. The van der Waals surface area contributed by atoms with Crippen molar-refractivity contribution in [2.75, 3.05) is 23.7 Å². The highest BCUT2D eigenvalue weighted by Crippen LogP contribution is 2.34. The van der Waals surface area contributed by atoms with Crippen LogP contribution in [-0.4, -0.2) is 61.5 Å². The third-order valence-electron chi connectivity index (χ3n) is 7.80. The minimum atomic E-state index is 0.113. The van der Waals surface area contributed by atoms with Crippen molar-refractivity contribution in [3.63, 3.8) is 0 Å². The maximum absolute atomic E-state index is 12.4. The van der Waals surface area contributed by atoms with Crippen molar-refractivity contribution in [2.24, 2.45) is 5.73 Å². The molecule has 3 fully saturated rings. The Hall–Kier alpha value is -2.68. The lowest BCUT2D eigenvalue weighted by atomic mass is 9.92. The summed E-state index contributed by atoms with van der Waals surface area (Å²) >= 11 is 0. The van der Waals surface area contributed by atoms with Gasteiger partial charge in [0, 0.05) is 43.3 Å². The van der Waals surface area contributed by atoms with Gasteiger partial charge in [0.05, 0.1) is 6.33 Å². The van der Waals surface area contributed by atoms with E-state index in [1.165, 1.54) is 25.7 Å². The minimum absolute atomic E-state index is 0.113. The molecule has 2 aromatic rings. The van der Waals surface area contributed by atoms with Crippen molar-refractivity contribution in [3.8, 4) is 0 Å². The highest BCUT2D eigenvalue weighted by atomic mass is 16.2. The maximum Gasteiger partial charge on any atom is 0.246 e. The normalized spacial score (nSPS) is 24.0. The predicted molar refractivity (Wildman–Crippen MR) is 139 cm³/mol. The Labute approximate surface area is 208 Å². The fourth-order valence-electron chi connectivity index (χ4n) is 5.75. The third-order valence-corrected chi connectivity index (χ3v) is 7.80. The van der Waals surface area contributed by atoms with E-state index in [1.54, 1.807) is 6.08 Å². The first kappa shape index (κ1) is 24.0. The molecule has 0 unspecified atom stereocenters. The molecule has 0 spiro atoms. The van der Waals surface area contributed by atoms with E-state index < -0.39 is 0 Å². The molecule has 3 heterocycles. The van der Waals surface area contributed by atoms with Gasteiger partial charge in [-0.25, -0.2) is 4.98 Å². The SMILES string of the molecule is CC(C)=CC(=O)N1CCC(Nc2nc(N[C@H]3CC[C@H](N)CC3)nc3c2ncn3C2CCCC2)CC1. The van der Waals surface area contributed by atoms with E-state index in [9.17, 15) is 4.79 Å². The summed E-state index contributed by atoms with van der Waals surface area (Å²) in [5.74, 6) is 1.59. The van der Waals surface area contributed by atoms with Crippen LogP contribution in [0.2, 0.25) is 0 Å². The number of nitrogens with two attached hydrogens (primary N) is 1. The topological polar surface area (TPSA) is 114 Å². The van der Waals surface area contributed by atoms with Crippen molar-refractivity contribution in [1.82, 2.24) is 24.4 Å². The minimum Gasteiger partial charge on any atom is -0.365 e. The molecule has 1 saturated heterocycles. The summed E-state index contributed by atoms with van der Waals surface area (Å²) in [5.41, 5.74) is 8.91. The largest absolute Gasteiger partial charge is 0.365 e. The lowest BCUT2D eigenvalue weighted by Crippen LogP contribution is -2.42. The number of carbonyl (C=O) groups is 1. The van der Waals surface area contributed by atoms with Gasteiger partial charge in [0.25, 0.3) is 0 Å². The smallest absolute Gasteiger partial charge is 0.246 e. The average molecular weight is 481 g/mol. The second kappa shape index (κ2) is 10.5. The molecular formula is C26H40N8O. The number of nitrogens with one attached hydrogen (secondary N) is 2. The Morgan fingerprint density at radius 3 is 2.34 bits per heavy atom. The molecule has 3 aliphatic rings. The number of anilines is 2. The molecule has 2 saturated carbocycles. The van der Waals surface area contributed by atoms with Gasteiger partial charge in [-0.05, 0) is 65.2 Å². The molecule has 5 rings (SSSR count). The molecule has 0 atom stereocenters. The van der Waals surface area contributed by atoms with Crippen LogP contribution in [-0.2, 0) is 4.79 Å². The highest BCUT2D eigenvalue weighted by Gasteiger charge is 2.26. The number of aromatic nitrogens is 4. The molecule has 1 aliphatic heterocycles. The van der Waals surface area contributed by atoms with E-state index in [-0.39, 0.29) is 11.9 Å². The first-order chi connectivity index (χ1) is 17.0. The summed E-state index contributed by atoms with van der Waals surface area (Å²) in [6.07, 6.45) is 14.5. The van der Waals surface area contributed by atoms with Crippen LogP contribution in [0.1, 0.15) is 84.1 Å². The van der Waals surface area contributed by atoms with E-state index in [0.29, 0.717) is 24.1 Å². The summed E-state index contributed by atoms with van der Waals surface area (Å²) in [4.78, 5) is 29.0. The van der Waals surface area contributed by atoms with Crippen LogP contribution in [0.3, 0.4) is 0 Å². The van der Waals surface area contributed by atoms with Crippen molar-refractivity contribution in [2.45, 2.75) is 102 Å². The number of allylic oxidation sites excluding steroid dienone is 1. The first-order valence-electron chi connectivity index (χ1n) is 13.4. The maximum atomic E-state index is 12.4. The van der Waals surface area contributed by atoms with Crippen LogP contribution in [0.25, 0.3) is 11.2 Å². The predicted octanol–water partition coefficient (Wildman–Crippen LogP) is 3.99. The fourth-order valence-corrected chi connectivity index (χ4v) is 5.75. The lowest BCUT2D eigenvalue weighted by Gasteiger charge is -2.32. The van der Waals surface area contributed by atoms with Gasteiger partial charge >= 0.3 is 0 Å². The molecule has 4 N–H and O–H groups in total. The van der Waals surface area contributed by atoms with Crippen LogP contribution in [0, 0.1) is 0 Å². The Morgan fingerprint density at radius 1 is 0.971 bits per heavy atom. The van der Waals surface area contributed by atoms with Gasteiger partial charge < -0.3 is 25.8 Å². The van der Waals surface area contributed by atoms with Crippen molar-refractivity contribution in [1.29, 1.82) is 0 Å². The van der Waals surface area contributed by atoms with Gasteiger partial charge in [0.15, 0.2) is 17.0 Å². The van der Waals surface area contributed by atoms with E-state index in [4.69, 9.17) is 20.7 Å². The van der Waals surface area contributed by atoms with Crippen molar-refractivity contribution in [3.05, 3.63) is 18.0 Å². The number of likely N-dealkylation sites (tertiary alicyclic amines) is 1. The summed E-state index contributed by atoms with van der Waals surface area (Å²) in [6.45, 7) is 5.42. The number of piperidine rings is 1. The third kappa shape index (κ3) is 5.60. The molecule has 35 heavy (non-hydrogen) atoms. The average Bonchev–Trinajstić information content (AvgIpc) is 3.51. The van der Waals surface area contributed by atoms with Gasteiger partial charge in [-0.15, -0.1) is 0 Å². The van der Waals surface area contributed by atoms with E-state index in [2.05, 4.69) is 15.2 Å². The lowest BCUT2D eigenvalue weighted by molar-refractivity contribution is -0.127. The summed E-state index contributed by atoms with van der Waals surface area (Å²) < 4.78 is 2.26. The highest BCUT2D eigenvalue weighted by molar-refractivity contribution is 5.88. The Morgan fingerprint density at radius 2 is 1.66 bits per heavy atom. The van der Waals surface area contributed by atoms with Crippen LogP contribution < -0.4 is 16.4 Å². The number of carbonyl (C=O) groups excluding carboxylic acids is 1. The summed E-state index contributed by atoms with van der Waals surface area (Å²) in [5, 5.41) is 7.27. The number of hydrogen-bond acceptors (Lipinski definition) is 7. The van der Waals surface area contributed by atoms with Gasteiger partial charge in [-0.1, -0.05) is 18.4 Å². The molecular weight excluding hydrogens is 440 g/mol. The Balaban J connectivity index is 1.35. The van der Waals surface area contributed by atoms with Crippen molar-refractivity contribution < 1.29 is 4.79 Å². The molecule has 0 radical (unpaired) electrons. The standard InChI is InChI=1S/C26H40N8O/c1-17(2)15-22(35)33-13-11-20(12-14-33)29-24-23-25(34(16-28-23)21-5-3-4-6-21)32-26(31-24)30-19-9-7-18(27)8-10-19/h15-16,18-21H,3-14,27H2,1-2H3,(H2,29,30,31,32)/t18-,19-. The first-order valence-corrected chi connectivity index (χ1v) is 13.4. The molecule has 9 nitrogen and oxygen atoms in total. The molecule has 190 valence electrons. The van der Waals surface area contributed by atoms with Gasteiger partial charge in [-0.2, -0.15) is 9.97 Å². The van der Waals surface area contributed by atoms with Crippen LogP contribution >= 0.6 is 0 Å². The second-order valence-corrected chi connectivity index (χ2v) is 10.9. The van der Waals surface area contributed by atoms with Crippen molar-refractivity contribution >= 4 is 28.8 Å². The van der Waals surface area contributed by atoms with Crippen LogP contribution in [0.15, 0.2) is 18.0 Å². The number of hydrogen-bond donors (Lipinski definition) is 3. The number of fused-ring (bicyclic) bond motifs is 1. The number of imidazole rings is 1. The van der Waals surface area contributed by atoms with E-state index in [1.807, 2.05) is 25.1 Å². The van der Waals surface area contributed by atoms with E-state index in [0.717, 1.165) is 74.2 Å². The van der Waals surface area contributed by atoms with Gasteiger partial charge in [-0.3, -0.25) is 4.79 Å². The van der Waals surface area contributed by atoms with Crippen LogP contribution in [0.4, 0.5) is 11.8 Å². The Bertz CT molecular complexity index is 1050. The molecule has 0 aromatic carbocycles. The molecule has 2 aliphatic carbocycles. The summed E-state index contributed by atoms with van der Waals surface area (Å²) in [6, 6.07) is 1.38.